The summed E-state index contributed by atoms with van der Waals surface area (Å²) in [5, 5.41) is 1.55. The van der Waals surface area contributed by atoms with Gasteiger partial charge in [-0.3, -0.25) is 4.79 Å². The summed E-state index contributed by atoms with van der Waals surface area (Å²) in [6.07, 6.45) is 1.29. The third-order valence-electron chi connectivity index (χ3n) is 2.57. The minimum absolute atomic E-state index is 0.188. The second kappa shape index (κ2) is 6.35. The molecule has 0 fully saturated rings. The third-order valence-corrected chi connectivity index (χ3v) is 4.56. The van der Waals surface area contributed by atoms with Crippen molar-refractivity contribution in [2.24, 2.45) is 0 Å². The number of carbonyl (C=O) groups excluding carboxylic acids is 1. The van der Waals surface area contributed by atoms with Gasteiger partial charge in [0.15, 0.2) is 9.84 Å². The first kappa shape index (κ1) is 14.4. The molecule has 1 rings (SSSR count). The minimum atomic E-state index is -3.44. The molecule has 1 amide bonds. The van der Waals surface area contributed by atoms with E-state index < -0.39 is 21.0 Å². The van der Waals surface area contributed by atoms with Crippen LogP contribution in [0.15, 0.2) is 43.0 Å². The summed E-state index contributed by atoms with van der Waals surface area (Å²) in [6, 6.07) is 9.33. The van der Waals surface area contributed by atoms with E-state index in [4.69, 9.17) is 0 Å². The Hall–Kier alpha value is -1.62. The van der Waals surface area contributed by atoms with Gasteiger partial charge in [-0.25, -0.2) is 8.42 Å². The van der Waals surface area contributed by atoms with Gasteiger partial charge in [0.25, 0.3) is 0 Å². The lowest BCUT2D eigenvalue weighted by atomic mass is 10.2. The van der Waals surface area contributed by atoms with Crippen molar-refractivity contribution >= 4 is 15.7 Å². The van der Waals surface area contributed by atoms with Gasteiger partial charge in [0.05, 0.1) is 5.75 Å². The molecule has 1 aromatic carbocycles. The quantitative estimate of drug-likeness (QED) is 0.790. The number of carbonyl (C=O) groups is 1. The number of hydrogen-bond donors (Lipinski definition) is 1. The summed E-state index contributed by atoms with van der Waals surface area (Å²) in [6.45, 7) is 5.09. The molecule has 1 N–H and O–H groups in total. The Kier molecular flexibility index (Phi) is 5.09. The second-order valence-corrected chi connectivity index (χ2v) is 6.33. The maximum Gasteiger partial charge on any atom is 0.238 e. The Morgan fingerprint density at radius 3 is 2.56 bits per heavy atom. The molecular weight excluding hydrogens is 250 g/mol. The molecule has 0 radical (unpaired) electrons. The van der Waals surface area contributed by atoms with E-state index in [1.54, 1.807) is 0 Å². The van der Waals surface area contributed by atoms with Crippen LogP contribution < -0.4 is 5.32 Å². The summed E-state index contributed by atoms with van der Waals surface area (Å²) >= 11 is 0. The van der Waals surface area contributed by atoms with Crippen LogP contribution in [0.25, 0.3) is 0 Å². The molecule has 18 heavy (non-hydrogen) atoms. The van der Waals surface area contributed by atoms with Crippen LogP contribution in [0.2, 0.25) is 0 Å². The molecule has 0 aliphatic rings. The van der Waals surface area contributed by atoms with Gasteiger partial charge in [0.1, 0.15) is 5.25 Å². The smallest absolute Gasteiger partial charge is 0.238 e. The zero-order valence-electron chi connectivity index (χ0n) is 10.3. The second-order valence-electron chi connectivity index (χ2n) is 3.96. The molecule has 0 spiro atoms. The monoisotopic (exact) mass is 267 g/mol. The van der Waals surface area contributed by atoms with Crippen LogP contribution in [-0.2, 0) is 21.2 Å². The van der Waals surface area contributed by atoms with E-state index in [0.29, 0.717) is 6.54 Å². The van der Waals surface area contributed by atoms with Crippen molar-refractivity contribution in [3.05, 3.63) is 48.6 Å². The Balaban J connectivity index is 2.59. The van der Waals surface area contributed by atoms with E-state index in [-0.39, 0.29) is 5.75 Å². The molecule has 98 valence electrons. The topological polar surface area (TPSA) is 63.2 Å². The number of amides is 1. The summed E-state index contributed by atoms with van der Waals surface area (Å²) in [4.78, 5) is 11.7. The lowest BCUT2D eigenvalue weighted by Crippen LogP contribution is -2.38. The first-order valence-electron chi connectivity index (χ1n) is 5.61. The molecule has 1 unspecified atom stereocenters. The highest BCUT2D eigenvalue weighted by Crippen LogP contribution is 2.04. The van der Waals surface area contributed by atoms with Crippen LogP contribution in [0.4, 0.5) is 0 Å². The number of rotatable bonds is 6. The highest BCUT2D eigenvalue weighted by atomic mass is 32.2. The maximum absolute atomic E-state index is 11.7. The van der Waals surface area contributed by atoms with Gasteiger partial charge in [-0.05, 0) is 12.5 Å². The number of hydrogen-bond acceptors (Lipinski definition) is 3. The zero-order chi connectivity index (χ0) is 13.6. The van der Waals surface area contributed by atoms with Crippen LogP contribution in [0.3, 0.4) is 0 Å². The first-order valence-corrected chi connectivity index (χ1v) is 7.33. The molecule has 0 aliphatic carbocycles. The molecule has 1 atom stereocenters. The molecule has 1 aromatic rings. The number of nitrogens with one attached hydrogen (secondary N) is 1. The van der Waals surface area contributed by atoms with Crippen molar-refractivity contribution in [2.75, 3.05) is 5.75 Å². The fraction of sp³-hybridized carbons (Fsp3) is 0.308. The summed E-state index contributed by atoms with van der Waals surface area (Å²) in [7, 11) is -3.44. The Bertz CT molecular complexity index is 508. The third kappa shape index (κ3) is 4.00. The minimum Gasteiger partial charge on any atom is -0.351 e. The molecule has 0 saturated heterocycles. The summed E-state index contributed by atoms with van der Waals surface area (Å²) in [5.41, 5.74) is 0.930. The molecule has 5 heteroatoms. The van der Waals surface area contributed by atoms with Gasteiger partial charge in [-0.1, -0.05) is 36.4 Å². The molecule has 4 nitrogen and oxygen atoms in total. The van der Waals surface area contributed by atoms with Gasteiger partial charge in [0.2, 0.25) is 5.91 Å². The average molecular weight is 267 g/mol. The van der Waals surface area contributed by atoms with Crippen LogP contribution in [0, 0.1) is 0 Å². The van der Waals surface area contributed by atoms with Crippen LogP contribution in [0.5, 0.6) is 0 Å². The van der Waals surface area contributed by atoms with Gasteiger partial charge in [0, 0.05) is 6.54 Å². The molecule has 0 saturated carbocycles. The summed E-state index contributed by atoms with van der Waals surface area (Å²) < 4.78 is 23.3. The first-order chi connectivity index (χ1) is 8.47. The predicted octanol–water partition coefficient (Wildman–Crippen LogP) is 1.29. The normalized spacial score (nSPS) is 12.7. The van der Waals surface area contributed by atoms with E-state index in [1.807, 2.05) is 30.3 Å². The van der Waals surface area contributed by atoms with E-state index in [2.05, 4.69) is 11.9 Å². The highest BCUT2D eigenvalue weighted by Gasteiger charge is 2.26. The average Bonchev–Trinajstić information content (AvgIpc) is 2.36. The molecule has 0 aliphatic heterocycles. The SMILES string of the molecule is C=CCS(=O)(=O)C(C)C(=O)NCc1ccccc1. The Labute approximate surface area is 108 Å². The predicted molar refractivity (Wildman–Crippen MR) is 71.7 cm³/mol. The Morgan fingerprint density at radius 1 is 1.39 bits per heavy atom. The van der Waals surface area contributed by atoms with Crippen LogP contribution in [-0.4, -0.2) is 25.3 Å². The lowest BCUT2D eigenvalue weighted by molar-refractivity contribution is -0.120. The van der Waals surface area contributed by atoms with Crippen molar-refractivity contribution in [1.82, 2.24) is 5.32 Å². The Morgan fingerprint density at radius 2 is 2.00 bits per heavy atom. The number of benzene rings is 1. The largest absolute Gasteiger partial charge is 0.351 e. The van der Waals surface area contributed by atoms with Crippen LogP contribution in [0.1, 0.15) is 12.5 Å². The van der Waals surface area contributed by atoms with Gasteiger partial charge in [-0.15, -0.1) is 6.58 Å². The van der Waals surface area contributed by atoms with Gasteiger partial charge in [-0.2, -0.15) is 0 Å². The van der Waals surface area contributed by atoms with Gasteiger partial charge >= 0.3 is 0 Å². The van der Waals surface area contributed by atoms with Crippen molar-refractivity contribution < 1.29 is 13.2 Å². The van der Waals surface area contributed by atoms with E-state index >= 15 is 0 Å². The summed E-state index contributed by atoms with van der Waals surface area (Å²) in [5.74, 6) is -0.673. The lowest BCUT2D eigenvalue weighted by Gasteiger charge is -2.12. The zero-order valence-corrected chi connectivity index (χ0v) is 11.1. The van der Waals surface area contributed by atoms with Crippen molar-refractivity contribution in [3.8, 4) is 0 Å². The van der Waals surface area contributed by atoms with E-state index in [9.17, 15) is 13.2 Å². The molecule has 0 bridgehead atoms. The number of sulfone groups is 1. The molecular formula is C13H17NO3S. The van der Waals surface area contributed by atoms with Crippen molar-refractivity contribution in [3.63, 3.8) is 0 Å². The van der Waals surface area contributed by atoms with E-state index in [1.165, 1.54) is 13.0 Å². The van der Waals surface area contributed by atoms with Crippen molar-refractivity contribution in [2.45, 2.75) is 18.7 Å². The molecule has 0 aromatic heterocycles. The van der Waals surface area contributed by atoms with Gasteiger partial charge < -0.3 is 5.32 Å². The van der Waals surface area contributed by atoms with Crippen molar-refractivity contribution in [1.29, 1.82) is 0 Å². The van der Waals surface area contributed by atoms with Crippen LogP contribution >= 0.6 is 0 Å². The van der Waals surface area contributed by atoms with E-state index in [0.717, 1.165) is 5.56 Å². The molecule has 0 heterocycles. The highest BCUT2D eigenvalue weighted by molar-refractivity contribution is 7.92. The fourth-order valence-electron chi connectivity index (χ4n) is 1.40. The fourth-order valence-corrected chi connectivity index (χ4v) is 2.43. The standard InChI is InChI=1S/C13H17NO3S/c1-3-9-18(16,17)11(2)13(15)14-10-12-7-5-4-6-8-12/h3-8,11H,1,9-10H2,2H3,(H,14,15). The maximum atomic E-state index is 11.7.